The summed E-state index contributed by atoms with van der Waals surface area (Å²) in [6, 6.07) is 0. The summed E-state index contributed by atoms with van der Waals surface area (Å²) in [5, 5.41) is 0. The van der Waals surface area contributed by atoms with E-state index in [9.17, 15) is 8.42 Å². The molecule has 0 aromatic heterocycles. The van der Waals surface area contributed by atoms with Gasteiger partial charge in [0.05, 0.1) is 12.4 Å². The van der Waals surface area contributed by atoms with Crippen molar-refractivity contribution in [1.29, 1.82) is 0 Å². The lowest BCUT2D eigenvalue weighted by molar-refractivity contribution is 0.193. The van der Waals surface area contributed by atoms with Crippen molar-refractivity contribution in [3.8, 4) is 0 Å². The maximum absolute atomic E-state index is 9.19. The molecule has 1 aliphatic heterocycles. The molecule has 1 aliphatic rings. The highest BCUT2D eigenvalue weighted by atomic mass is 32.2. The zero-order chi connectivity index (χ0) is 12.8. The average Bonchev–Trinajstić information content (AvgIpc) is 2.42. The van der Waals surface area contributed by atoms with Crippen LogP contribution in [0.25, 0.3) is 0 Å². The molecule has 16 heavy (non-hydrogen) atoms. The number of hydrogen-bond donors (Lipinski definition) is 1. The van der Waals surface area contributed by atoms with Crippen molar-refractivity contribution in [2.75, 3.05) is 19.8 Å². The summed E-state index contributed by atoms with van der Waals surface area (Å²) >= 11 is 0. The summed E-state index contributed by atoms with van der Waals surface area (Å²) < 4.78 is 25.9. The van der Waals surface area contributed by atoms with Crippen LogP contribution in [0.1, 0.15) is 26.7 Å². The van der Waals surface area contributed by atoms with E-state index in [0.29, 0.717) is 12.4 Å². The van der Waals surface area contributed by atoms with Gasteiger partial charge < -0.3 is 9.80 Å². The normalized spacial score (nSPS) is 19.7. The van der Waals surface area contributed by atoms with E-state index in [-0.39, 0.29) is 0 Å². The first-order valence-electron chi connectivity index (χ1n) is 5.34. The van der Waals surface area contributed by atoms with E-state index < -0.39 is 10.1 Å². The van der Waals surface area contributed by atoms with Gasteiger partial charge in [-0.2, -0.15) is 8.42 Å². The third kappa shape index (κ3) is 7.53. The van der Waals surface area contributed by atoms with Gasteiger partial charge in [0.2, 0.25) is 0 Å². The Morgan fingerprint density at radius 1 is 1.38 bits per heavy atom. The van der Waals surface area contributed by atoms with Crippen LogP contribution in [-0.4, -0.2) is 48.8 Å². The highest BCUT2D eigenvalue weighted by molar-refractivity contribution is 7.85. The van der Waals surface area contributed by atoms with E-state index in [1.807, 2.05) is 0 Å². The van der Waals surface area contributed by atoms with Crippen molar-refractivity contribution in [2.24, 2.45) is 0 Å². The Labute approximate surface area is 98.5 Å². The van der Waals surface area contributed by atoms with Gasteiger partial charge in [-0.25, -0.2) is 0 Å². The molecule has 0 aromatic carbocycles. The maximum Gasteiger partial charge on any atom is 0.261 e. The van der Waals surface area contributed by atoms with E-state index in [1.54, 1.807) is 0 Å². The Kier molecular flexibility index (Phi) is 6.43. The molecule has 0 saturated carbocycles. The minimum atomic E-state index is -3.67. The van der Waals surface area contributed by atoms with Crippen molar-refractivity contribution in [3.63, 3.8) is 0 Å². The SMILES string of the molecule is CCCCN1C=CN(C)C1C.CS(=O)(=O)O. The van der Waals surface area contributed by atoms with Crippen LogP contribution in [0.3, 0.4) is 0 Å². The minimum absolute atomic E-state index is 0.557. The quantitative estimate of drug-likeness (QED) is 0.766. The second-order valence-electron chi connectivity index (χ2n) is 3.92. The van der Waals surface area contributed by atoms with E-state index in [4.69, 9.17) is 4.55 Å². The molecule has 96 valence electrons. The van der Waals surface area contributed by atoms with E-state index in [2.05, 4.69) is 43.1 Å². The summed E-state index contributed by atoms with van der Waals surface area (Å²) in [4.78, 5) is 4.61. The molecule has 1 unspecified atom stereocenters. The van der Waals surface area contributed by atoms with Crippen LogP contribution in [0.15, 0.2) is 12.4 Å². The first kappa shape index (κ1) is 15.2. The van der Waals surface area contributed by atoms with Crippen LogP contribution < -0.4 is 0 Å². The van der Waals surface area contributed by atoms with Crippen molar-refractivity contribution in [3.05, 3.63) is 12.4 Å². The van der Waals surface area contributed by atoms with Gasteiger partial charge in [-0.1, -0.05) is 13.3 Å². The van der Waals surface area contributed by atoms with Gasteiger partial charge in [0, 0.05) is 26.0 Å². The fourth-order valence-corrected chi connectivity index (χ4v) is 1.28. The van der Waals surface area contributed by atoms with Gasteiger partial charge >= 0.3 is 0 Å². The van der Waals surface area contributed by atoms with Crippen LogP contribution in [0, 0.1) is 0 Å². The molecule has 0 amide bonds. The molecule has 0 spiro atoms. The Balaban J connectivity index is 0.000000385. The second-order valence-corrected chi connectivity index (χ2v) is 5.39. The standard InChI is InChI=1S/C9H18N2.CH4O3S/c1-4-5-6-11-8-7-10(3)9(11)2;1-5(2,3)4/h7-9H,4-6H2,1-3H3;1H3,(H,2,3,4). The van der Waals surface area contributed by atoms with Gasteiger partial charge in [0.25, 0.3) is 10.1 Å². The van der Waals surface area contributed by atoms with Crippen LogP contribution in [0.2, 0.25) is 0 Å². The lowest BCUT2D eigenvalue weighted by atomic mass is 10.3. The molecule has 1 atom stereocenters. The van der Waals surface area contributed by atoms with Gasteiger partial charge in [-0.05, 0) is 13.3 Å². The van der Waals surface area contributed by atoms with Crippen LogP contribution >= 0.6 is 0 Å². The summed E-state index contributed by atoms with van der Waals surface area (Å²) in [6.07, 6.45) is 8.17. The smallest absolute Gasteiger partial charge is 0.261 e. The molecule has 6 heteroatoms. The molecule has 0 aliphatic carbocycles. The monoisotopic (exact) mass is 250 g/mol. The first-order valence-corrected chi connectivity index (χ1v) is 7.19. The number of unbranched alkanes of at least 4 members (excludes halogenated alkanes) is 1. The summed E-state index contributed by atoms with van der Waals surface area (Å²) in [5.74, 6) is 0. The molecule has 0 saturated heterocycles. The van der Waals surface area contributed by atoms with Crippen LogP contribution in [0.5, 0.6) is 0 Å². The first-order chi connectivity index (χ1) is 7.25. The highest BCUT2D eigenvalue weighted by Gasteiger charge is 2.16. The molecule has 1 N–H and O–H groups in total. The maximum atomic E-state index is 9.19. The van der Waals surface area contributed by atoms with Crippen molar-refractivity contribution >= 4 is 10.1 Å². The third-order valence-electron chi connectivity index (χ3n) is 2.33. The molecule has 0 bridgehead atoms. The zero-order valence-corrected chi connectivity index (χ0v) is 11.2. The van der Waals surface area contributed by atoms with E-state index in [0.717, 1.165) is 0 Å². The Morgan fingerprint density at radius 2 is 1.88 bits per heavy atom. The topological polar surface area (TPSA) is 60.9 Å². The number of nitrogens with zero attached hydrogens (tertiary/aromatic N) is 2. The summed E-state index contributed by atoms with van der Waals surface area (Å²) in [6.45, 7) is 5.66. The fourth-order valence-electron chi connectivity index (χ4n) is 1.28. The molecule has 0 radical (unpaired) electrons. The molecule has 0 fully saturated rings. The Bertz CT molecular complexity index is 306. The predicted octanol–water partition coefficient (Wildman–Crippen LogP) is 1.36. The van der Waals surface area contributed by atoms with Gasteiger partial charge in [0.15, 0.2) is 0 Å². The summed E-state index contributed by atoms with van der Waals surface area (Å²) in [7, 11) is -1.55. The number of hydrogen-bond acceptors (Lipinski definition) is 4. The largest absolute Gasteiger partial charge is 0.359 e. The average molecular weight is 250 g/mol. The molecule has 1 heterocycles. The third-order valence-corrected chi connectivity index (χ3v) is 2.33. The van der Waals surface area contributed by atoms with Crippen molar-refractivity contribution in [1.82, 2.24) is 9.80 Å². The van der Waals surface area contributed by atoms with E-state index >= 15 is 0 Å². The molecular formula is C10H22N2O3S. The highest BCUT2D eigenvalue weighted by Crippen LogP contribution is 2.13. The van der Waals surface area contributed by atoms with Crippen molar-refractivity contribution in [2.45, 2.75) is 32.9 Å². The van der Waals surface area contributed by atoms with Gasteiger partial charge in [-0.3, -0.25) is 4.55 Å². The Hall–Kier alpha value is -0.750. The van der Waals surface area contributed by atoms with E-state index in [1.165, 1.54) is 19.4 Å². The Morgan fingerprint density at radius 3 is 2.19 bits per heavy atom. The fraction of sp³-hybridized carbons (Fsp3) is 0.800. The lowest BCUT2D eigenvalue weighted by Crippen LogP contribution is -2.33. The summed E-state index contributed by atoms with van der Waals surface area (Å²) in [5.41, 5.74) is 0. The number of rotatable bonds is 3. The lowest BCUT2D eigenvalue weighted by Gasteiger charge is -2.26. The van der Waals surface area contributed by atoms with Gasteiger partial charge in [0.1, 0.15) is 0 Å². The van der Waals surface area contributed by atoms with Crippen LogP contribution in [0.4, 0.5) is 0 Å². The molecular weight excluding hydrogens is 228 g/mol. The predicted molar refractivity (Wildman–Crippen MR) is 65.5 cm³/mol. The van der Waals surface area contributed by atoms with Crippen LogP contribution in [-0.2, 0) is 10.1 Å². The zero-order valence-electron chi connectivity index (χ0n) is 10.4. The minimum Gasteiger partial charge on any atom is -0.359 e. The second kappa shape index (κ2) is 6.75. The molecule has 0 aromatic rings. The van der Waals surface area contributed by atoms with Gasteiger partial charge in [-0.15, -0.1) is 0 Å². The van der Waals surface area contributed by atoms with Crippen molar-refractivity contribution < 1.29 is 13.0 Å². The molecule has 5 nitrogen and oxygen atoms in total. The molecule has 1 rings (SSSR count).